The fourth-order valence-corrected chi connectivity index (χ4v) is 2.52. The Kier molecular flexibility index (Phi) is 2.58. The lowest BCUT2D eigenvalue weighted by Crippen LogP contribution is -2.16. The molecular weight excluding hydrogens is 228 g/mol. The zero-order valence-electron chi connectivity index (χ0n) is 10.4. The highest BCUT2D eigenvalue weighted by molar-refractivity contribution is 5.92. The van der Waals surface area contributed by atoms with Gasteiger partial charge in [0.2, 0.25) is 0 Å². The van der Waals surface area contributed by atoms with Crippen LogP contribution in [0.5, 0.6) is 0 Å². The summed E-state index contributed by atoms with van der Waals surface area (Å²) in [6.07, 6.45) is 4.93. The maximum Gasteiger partial charge on any atom is 0.335 e. The van der Waals surface area contributed by atoms with Gasteiger partial charge in [-0.2, -0.15) is 0 Å². The molecule has 1 aromatic heterocycles. The number of aryl methyl sites for hydroxylation is 1. The first-order valence-electron chi connectivity index (χ1n) is 6.34. The number of nitrogens with zero attached hydrogens (tertiary/aromatic N) is 2. The van der Waals surface area contributed by atoms with Crippen LogP contribution in [0.1, 0.15) is 35.4 Å². The lowest BCUT2D eigenvalue weighted by Gasteiger charge is -2.24. The minimum absolute atomic E-state index is 0.302. The Hall–Kier alpha value is -1.84. The molecule has 4 heteroatoms. The third kappa shape index (κ3) is 1.78. The van der Waals surface area contributed by atoms with Crippen LogP contribution in [0.25, 0.3) is 11.0 Å². The van der Waals surface area contributed by atoms with E-state index >= 15 is 0 Å². The van der Waals surface area contributed by atoms with Crippen LogP contribution in [-0.2, 0) is 13.5 Å². The van der Waals surface area contributed by atoms with Crippen LogP contribution < -0.4 is 0 Å². The molecule has 0 bridgehead atoms. The molecule has 0 saturated heterocycles. The molecule has 1 aliphatic rings. The number of hydrogen-bond acceptors (Lipinski definition) is 2. The van der Waals surface area contributed by atoms with Gasteiger partial charge in [0.15, 0.2) is 0 Å². The lowest BCUT2D eigenvalue weighted by atomic mass is 9.83. The van der Waals surface area contributed by atoms with Gasteiger partial charge < -0.3 is 9.67 Å². The van der Waals surface area contributed by atoms with Crippen molar-refractivity contribution in [1.82, 2.24) is 9.55 Å². The number of aromatic nitrogens is 2. The maximum atomic E-state index is 10.9. The normalized spacial score (nSPS) is 15.8. The second-order valence-electron chi connectivity index (χ2n) is 5.10. The van der Waals surface area contributed by atoms with E-state index in [1.165, 1.54) is 19.3 Å². The average Bonchev–Trinajstić information content (AvgIpc) is 2.60. The summed E-state index contributed by atoms with van der Waals surface area (Å²) in [5.74, 6) is 0.930. The molecule has 0 radical (unpaired) electrons. The van der Waals surface area contributed by atoms with Crippen molar-refractivity contribution in [3.05, 3.63) is 29.6 Å². The molecule has 0 aliphatic heterocycles. The van der Waals surface area contributed by atoms with Gasteiger partial charge in [-0.1, -0.05) is 19.3 Å². The molecule has 18 heavy (non-hydrogen) atoms. The van der Waals surface area contributed by atoms with Gasteiger partial charge in [-0.25, -0.2) is 9.78 Å². The Balaban J connectivity index is 2.00. The molecule has 1 aliphatic carbocycles. The molecule has 0 spiro atoms. The molecular formula is C14H16N2O2. The first-order chi connectivity index (χ1) is 8.65. The standard InChI is InChI=1S/C14H16N2O2/c1-16-12-6-5-10(14(17)18)8-11(12)15-13(16)7-9-3-2-4-9/h5-6,8-9H,2-4,7H2,1H3,(H,17,18). The number of aromatic carboxylic acids is 1. The fourth-order valence-electron chi connectivity index (χ4n) is 2.52. The van der Waals surface area contributed by atoms with Gasteiger partial charge in [0, 0.05) is 13.5 Å². The topological polar surface area (TPSA) is 55.1 Å². The molecule has 3 rings (SSSR count). The maximum absolute atomic E-state index is 10.9. The molecule has 4 nitrogen and oxygen atoms in total. The van der Waals surface area contributed by atoms with Gasteiger partial charge in [-0.15, -0.1) is 0 Å². The Morgan fingerprint density at radius 2 is 2.28 bits per heavy atom. The number of carbonyl (C=O) groups is 1. The molecule has 2 aromatic rings. The first kappa shape index (κ1) is 11.3. The third-order valence-corrected chi connectivity index (χ3v) is 3.92. The highest BCUT2D eigenvalue weighted by Gasteiger charge is 2.20. The third-order valence-electron chi connectivity index (χ3n) is 3.92. The van der Waals surface area contributed by atoms with Gasteiger partial charge in [0.25, 0.3) is 0 Å². The molecule has 1 N–H and O–H groups in total. The van der Waals surface area contributed by atoms with Crippen LogP contribution in [0.15, 0.2) is 18.2 Å². The summed E-state index contributed by atoms with van der Waals surface area (Å²) in [6.45, 7) is 0. The van der Waals surface area contributed by atoms with Crippen LogP contribution in [0.4, 0.5) is 0 Å². The van der Waals surface area contributed by atoms with Gasteiger partial charge >= 0.3 is 5.97 Å². The molecule has 0 atom stereocenters. The number of imidazole rings is 1. The van der Waals surface area contributed by atoms with E-state index < -0.39 is 5.97 Å². The zero-order valence-corrected chi connectivity index (χ0v) is 10.4. The molecule has 1 saturated carbocycles. The Morgan fingerprint density at radius 3 is 2.89 bits per heavy atom. The lowest BCUT2D eigenvalue weighted by molar-refractivity contribution is 0.0697. The summed E-state index contributed by atoms with van der Waals surface area (Å²) in [4.78, 5) is 15.5. The number of carboxylic acids is 1. The zero-order chi connectivity index (χ0) is 12.7. The van der Waals surface area contributed by atoms with Gasteiger partial charge in [-0.3, -0.25) is 0 Å². The van der Waals surface area contributed by atoms with E-state index in [9.17, 15) is 4.79 Å². The second-order valence-corrected chi connectivity index (χ2v) is 5.10. The highest BCUT2D eigenvalue weighted by Crippen LogP contribution is 2.30. The van der Waals surface area contributed by atoms with Crippen molar-refractivity contribution < 1.29 is 9.90 Å². The number of rotatable bonds is 3. The van der Waals surface area contributed by atoms with Gasteiger partial charge in [-0.05, 0) is 24.1 Å². The van der Waals surface area contributed by atoms with E-state index in [-0.39, 0.29) is 0 Å². The van der Waals surface area contributed by atoms with Crippen LogP contribution >= 0.6 is 0 Å². The van der Waals surface area contributed by atoms with Gasteiger partial charge in [0.05, 0.1) is 16.6 Å². The van der Waals surface area contributed by atoms with E-state index in [0.29, 0.717) is 5.56 Å². The quantitative estimate of drug-likeness (QED) is 0.903. The molecule has 94 valence electrons. The number of hydrogen-bond donors (Lipinski definition) is 1. The van der Waals surface area contributed by atoms with Crippen LogP contribution in [0.2, 0.25) is 0 Å². The SMILES string of the molecule is Cn1c(CC2CCC2)nc2cc(C(=O)O)ccc21. The van der Waals surface area contributed by atoms with Crippen molar-refractivity contribution in [1.29, 1.82) is 0 Å². The van der Waals surface area contributed by atoms with Crippen LogP contribution in [0, 0.1) is 5.92 Å². The minimum Gasteiger partial charge on any atom is -0.478 e. The number of carboxylic acid groups (broad SMARTS) is 1. The Morgan fingerprint density at radius 1 is 1.50 bits per heavy atom. The summed E-state index contributed by atoms with van der Waals surface area (Å²) in [5.41, 5.74) is 2.09. The summed E-state index contributed by atoms with van der Waals surface area (Å²) in [5, 5.41) is 8.98. The van der Waals surface area contributed by atoms with Crippen molar-refractivity contribution in [3.63, 3.8) is 0 Å². The molecule has 1 heterocycles. The van der Waals surface area contributed by atoms with E-state index in [1.54, 1.807) is 12.1 Å². The molecule has 0 amide bonds. The average molecular weight is 244 g/mol. The van der Waals surface area contributed by atoms with Crippen molar-refractivity contribution in [2.75, 3.05) is 0 Å². The van der Waals surface area contributed by atoms with Crippen molar-refractivity contribution in [2.24, 2.45) is 13.0 Å². The monoisotopic (exact) mass is 244 g/mol. The number of benzene rings is 1. The minimum atomic E-state index is -0.900. The largest absolute Gasteiger partial charge is 0.478 e. The number of fused-ring (bicyclic) bond motifs is 1. The van der Waals surface area contributed by atoms with Crippen molar-refractivity contribution in [3.8, 4) is 0 Å². The van der Waals surface area contributed by atoms with Gasteiger partial charge in [0.1, 0.15) is 5.82 Å². The predicted octanol–water partition coefficient (Wildman–Crippen LogP) is 2.61. The van der Waals surface area contributed by atoms with E-state index in [0.717, 1.165) is 29.2 Å². The van der Waals surface area contributed by atoms with Crippen molar-refractivity contribution >= 4 is 17.0 Å². The van der Waals surface area contributed by atoms with Crippen LogP contribution in [-0.4, -0.2) is 20.6 Å². The summed E-state index contributed by atoms with van der Waals surface area (Å²) < 4.78 is 2.08. The van der Waals surface area contributed by atoms with Crippen LogP contribution in [0.3, 0.4) is 0 Å². The first-order valence-corrected chi connectivity index (χ1v) is 6.34. The smallest absolute Gasteiger partial charge is 0.335 e. The van der Waals surface area contributed by atoms with E-state index in [2.05, 4.69) is 9.55 Å². The molecule has 1 aromatic carbocycles. The highest BCUT2D eigenvalue weighted by atomic mass is 16.4. The van der Waals surface area contributed by atoms with Crippen molar-refractivity contribution in [2.45, 2.75) is 25.7 Å². The summed E-state index contributed by atoms with van der Waals surface area (Å²) in [6, 6.07) is 5.14. The Bertz CT molecular complexity index is 612. The summed E-state index contributed by atoms with van der Waals surface area (Å²) in [7, 11) is 2.00. The molecule has 0 unspecified atom stereocenters. The molecule has 1 fully saturated rings. The fraction of sp³-hybridized carbons (Fsp3) is 0.429. The Labute approximate surface area is 105 Å². The second kappa shape index (κ2) is 4.12. The van der Waals surface area contributed by atoms with E-state index in [1.807, 2.05) is 13.1 Å². The summed E-state index contributed by atoms with van der Waals surface area (Å²) >= 11 is 0. The van der Waals surface area contributed by atoms with E-state index in [4.69, 9.17) is 5.11 Å². The predicted molar refractivity (Wildman–Crippen MR) is 68.7 cm³/mol.